The minimum atomic E-state index is -0.413. The van der Waals surface area contributed by atoms with E-state index in [1.807, 2.05) is 26.0 Å². The zero-order chi connectivity index (χ0) is 12.8. The average molecular weight is 235 g/mol. The second kappa shape index (κ2) is 6.25. The third kappa shape index (κ3) is 5.36. The fraction of sp³-hybridized carbons (Fsp3) is 0.462. The van der Waals surface area contributed by atoms with E-state index >= 15 is 0 Å². The van der Waals surface area contributed by atoms with Gasteiger partial charge in [0.2, 0.25) is 5.91 Å². The smallest absolute Gasteiger partial charge is 0.240 e. The van der Waals surface area contributed by atoms with Gasteiger partial charge in [-0.3, -0.25) is 4.79 Å². The molecular formula is C13H21N3O. The first-order valence-electron chi connectivity index (χ1n) is 5.78. The summed E-state index contributed by atoms with van der Waals surface area (Å²) in [6.07, 6.45) is 6.48. The number of hydrogen-bond acceptors (Lipinski definition) is 3. The second-order valence-electron chi connectivity index (χ2n) is 4.55. The van der Waals surface area contributed by atoms with Crippen LogP contribution >= 0.6 is 0 Å². The Bertz CT molecular complexity index is 376. The molecule has 0 heterocycles. The van der Waals surface area contributed by atoms with E-state index in [1.165, 1.54) is 5.57 Å². The van der Waals surface area contributed by atoms with Crippen molar-refractivity contribution in [2.45, 2.75) is 33.4 Å². The standard InChI is InChI=1S/C13H21N3O/c1-9(2)6-12(14)16-13(17)8-15-11-5-4-10(3)7-11/h5-7,12,15H,4,8,14H2,1-3H3,(H,16,17). The van der Waals surface area contributed by atoms with Crippen molar-refractivity contribution in [3.8, 4) is 0 Å². The largest absolute Gasteiger partial charge is 0.376 e. The van der Waals surface area contributed by atoms with E-state index in [4.69, 9.17) is 5.73 Å². The molecule has 4 N–H and O–H groups in total. The number of allylic oxidation sites excluding steroid dienone is 4. The van der Waals surface area contributed by atoms with Crippen LogP contribution in [-0.2, 0) is 4.79 Å². The van der Waals surface area contributed by atoms with E-state index in [-0.39, 0.29) is 12.5 Å². The molecule has 0 aromatic carbocycles. The lowest BCUT2D eigenvalue weighted by Crippen LogP contribution is -2.44. The van der Waals surface area contributed by atoms with E-state index in [2.05, 4.69) is 23.6 Å². The fourth-order valence-corrected chi connectivity index (χ4v) is 1.60. The zero-order valence-corrected chi connectivity index (χ0v) is 10.7. The van der Waals surface area contributed by atoms with Crippen LogP contribution < -0.4 is 16.4 Å². The van der Waals surface area contributed by atoms with Crippen LogP contribution in [0.4, 0.5) is 0 Å². The highest BCUT2D eigenvalue weighted by Gasteiger charge is 2.07. The van der Waals surface area contributed by atoms with E-state index in [0.717, 1.165) is 17.7 Å². The molecule has 0 saturated heterocycles. The van der Waals surface area contributed by atoms with Crippen LogP contribution in [0, 0.1) is 0 Å². The SMILES string of the molecule is CC(C)=CC(N)NC(=O)CNC1=CCC(C)=C1. The van der Waals surface area contributed by atoms with Gasteiger partial charge in [-0.25, -0.2) is 0 Å². The van der Waals surface area contributed by atoms with Crippen molar-refractivity contribution in [3.63, 3.8) is 0 Å². The lowest BCUT2D eigenvalue weighted by Gasteiger charge is -2.11. The van der Waals surface area contributed by atoms with Gasteiger partial charge in [-0.15, -0.1) is 0 Å². The van der Waals surface area contributed by atoms with Crippen LogP contribution in [0.5, 0.6) is 0 Å². The topological polar surface area (TPSA) is 67.1 Å². The second-order valence-corrected chi connectivity index (χ2v) is 4.55. The van der Waals surface area contributed by atoms with Gasteiger partial charge in [-0.05, 0) is 39.3 Å². The first-order chi connectivity index (χ1) is 7.97. The molecule has 1 aliphatic carbocycles. The summed E-state index contributed by atoms with van der Waals surface area (Å²) in [6.45, 7) is 6.21. The van der Waals surface area contributed by atoms with Crippen molar-refractivity contribution < 1.29 is 4.79 Å². The predicted octanol–water partition coefficient (Wildman–Crippen LogP) is 1.18. The summed E-state index contributed by atoms with van der Waals surface area (Å²) < 4.78 is 0. The minimum Gasteiger partial charge on any atom is -0.376 e. The lowest BCUT2D eigenvalue weighted by molar-refractivity contribution is -0.120. The molecule has 17 heavy (non-hydrogen) atoms. The summed E-state index contributed by atoms with van der Waals surface area (Å²) in [7, 11) is 0. The average Bonchev–Trinajstić information content (AvgIpc) is 2.59. The molecule has 4 heteroatoms. The van der Waals surface area contributed by atoms with Gasteiger partial charge < -0.3 is 16.4 Å². The van der Waals surface area contributed by atoms with Crippen LogP contribution in [-0.4, -0.2) is 18.6 Å². The Morgan fingerprint density at radius 3 is 2.82 bits per heavy atom. The molecule has 4 nitrogen and oxygen atoms in total. The summed E-state index contributed by atoms with van der Waals surface area (Å²) in [4.78, 5) is 11.5. The molecule has 1 unspecified atom stereocenters. The third-order valence-electron chi connectivity index (χ3n) is 2.34. The van der Waals surface area contributed by atoms with Crippen LogP contribution in [0.2, 0.25) is 0 Å². The van der Waals surface area contributed by atoms with Gasteiger partial charge in [0, 0.05) is 5.70 Å². The molecule has 0 radical (unpaired) electrons. The number of hydrogen-bond donors (Lipinski definition) is 3. The van der Waals surface area contributed by atoms with Crippen LogP contribution in [0.15, 0.2) is 35.1 Å². The maximum Gasteiger partial charge on any atom is 0.240 e. The van der Waals surface area contributed by atoms with Crippen LogP contribution in [0.1, 0.15) is 27.2 Å². The number of carbonyl (C=O) groups is 1. The number of carbonyl (C=O) groups excluding carboxylic acids is 1. The molecular weight excluding hydrogens is 214 g/mol. The van der Waals surface area contributed by atoms with E-state index in [0.29, 0.717) is 0 Å². The molecule has 0 aliphatic heterocycles. The highest BCUT2D eigenvalue weighted by atomic mass is 16.2. The predicted molar refractivity (Wildman–Crippen MR) is 70.0 cm³/mol. The van der Waals surface area contributed by atoms with Crippen molar-refractivity contribution in [1.29, 1.82) is 0 Å². The zero-order valence-electron chi connectivity index (χ0n) is 10.7. The van der Waals surface area contributed by atoms with Crippen molar-refractivity contribution >= 4 is 5.91 Å². The Morgan fingerprint density at radius 2 is 2.29 bits per heavy atom. The minimum absolute atomic E-state index is 0.103. The molecule has 1 aliphatic rings. The van der Waals surface area contributed by atoms with Crippen molar-refractivity contribution in [2.24, 2.45) is 5.73 Å². The summed E-state index contributed by atoms with van der Waals surface area (Å²) >= 11 is 0. The quantitative estimate of drug-likeness (QED) is 0.495. The Hall–Kier alpha value is -1.55. The first kappa shape index (κ1) is 13.5. The summed E-state index contributed by atoms with van der Waals surface area (Å²) in [5, 5.41) is 5.77. The highest BCUT2D eigenvalue weighted by molar-refractivity contribution is 5.78. The van der Waals surface area contributed by atoms with Gasteiger partial charge in [0.1, 0.15) is 0 Å². The van der Waals surface area contributed by atoms with Gasteiger partial charge in [-0.2, -0.15) is 0 Å². The van der Waals surface area contributed by atoms with Crippen LogP contribution in [0.3, 0.4) is 0 Å². The molecule has 0 bridgehead atoms. The van der Waals surface area contributed by atoms with Crippen molar-refractivity contribution in [2.75, 3.05) is 6.54 Å². The number of nitrogens with one attached hydrogen (secondary N) is 2. The van der Waals surface area contributed by atoms with E-state index in [9.17, 15) is 4.79 Å². The van der Waals surface area contributed by atoms with Gasteiger partial charge in [0.15, 0.2) is 0 Å². The maximum atomic E-state index is 11.5. The summed E-state index contributed by atoms with van der Waals surface area (Å²) in [5.41, 5.74) is 9.11. The van der Waals surface area contributed by atoms with Crippen molar-refractivity contribution in [1.82, 2.24) is 10.6 Å². The Kier molecular flexibility index (Phi) is 4.97. The third-order valence-corrected chi connectivity index (χ3v) is 2.34. The molecule has 0 aromatic rings. The molecule has 0 saturated carbocycles. The molecule has 1 amide bonds. The summed E-state index contributed by atoms with van der Waals surface area (Å²) in [5.74, 6) is -0.103. The Labute approximate surface area is 103 Å². The molecule has 1 rings (SSSR count). The van der Waals surface area contributed by atoms with Gasteiger partial charge >= 0.3 is 0 Å². The van der Waals surface area contributed by atoms with Crippen LogP contribution in [0.25, 0.3) is 0 Å². The molecule has 0 spiro atoms. The number of amides is 1. The fourth-order valence-electron chi connectivity index (χ4n) is 1.60. The molecule has 94 valence electrons. The molecule has 0 aromatic heterocycles. The first-order valence-corrected chi connectivity index (χ1v) is 5.78. The van der Waals surface area contributed by atoms with Gasteiger partial charge in [-0.1, -0.05) is 17.2 Å². The van der Waals surface area contributed by atoms with Gasteiger partial charge in [0.25, 0.3) is 0 Å². The molecule has 0 fully saturated rings. The van der Waals surface area contributed by atoms with Crippen molar-refractivity contribution in [3.05, 3.63) is 35.1 Å². The highest BCUT2D eigenvalue weighted by Crippen LogP contribution is 2.13. The monoisotopic (exact) mass is 235 g/mol. The number of rotatable bonds is 5. The number of nitrogens with two attached hydrogens (primary N) is 1. The lowest BCUT2D eigenvalue weighted by atomic mass is 10.3. The molecule has 1 atom stereocenters. The van der Waals surface area contributed by atoms with E-state index < -0.39 is 6.17 Å². The Balaban J connectivity index is 2.29. The van der Waals surface area contributed by atoms with E-state index in [1.54, 1.807) is 0 Å². The van der Waals surface area contributed by atoms with Gasteiger partial charge in [0.05, 0.1) is 12.7 Å². The maximum absolute atomic E-state index is 11.5. The normalized spacial score (nSPS) is 15.8. The summed E-state index contributed by atoms with van der Waals surface area (Å²) in [6, 6.07) is 0. The Morgan fingerprint density at radius 1 is 1.59 bits per heavy atom.